The van der Waals surface area contributed by atoms with Crippen molar-refractivity contribution in [3.8, 4) is 22.3 Å². The van der Waals surface area contributed by atoms with Crippen LogP contribution in [0.25, 0.3) is 22.3 Å². The van der Waals surface area contributed by atoms with Gasteiger partial charge in [0.05, 0.1) is 11.7 Å². The molecule has 5 rings (SSSR count). The Kier molecular flexibility index (Phi) is 10.9. The lowest BCUT2D eigenvalue weighted by Gasteiger charge is -2.15. The SMILES string of the molecule is CN[C@@H](CSc1c(N)cccc1-c1ccccc1)C(=O)O.CN[C@H]1CSc2c(cccc2-c2ccccc2)NC1=O. The summed E-state index contributed by atoms with van der Waals surface area (Å²) in [7, 11) is 3.46. The number of amides is 1. The zero-order valence-electron chi connectivity index (χ0n) is 23.0. The number of aliphatic carboxylic acids is 1. The van der Waals surface area contributed by atoms with Gasteiger partial charge in [-0.15, -0.1) is 23.5 Å². The van der Waals surface area contributed by atoms with Crippen molar-refractivity contribution in [2.75, 3.05) is 36.7 Å². The highest BCUT2D eigenvalue weighted by Gasteiger charge is 2.24. The number of fused-ring (bicyclic) bond motifs is 1. The van der Waals surface area contributed by atoms with Crippen molar-refractivity contribution < 1.29 is 14.7 Å². The number of carboxylic acids is 1. The van der Waals surface area contributed by atoms with E-state index < -0.39 is 12.0 Å². The molecule has 9 heteroatoms. The minimum absolute atomic E-state index is 0.0314. The van der Waals surface area contributed by atoms with Gasteiger partial charge in [-0.1, -0.05) is 84.9 Å². The number of nitrogen functional groups attached to an aromatic ring is 1. The number of anilines is 2. The normalized spacial score (nSPS) is 15.0. The van der Waals surface area contributed by atoms with Gasteiger partial charge in [-0.3, -0.25) is 9.59 Å². The predicted molar refractivity (Wildman–Crippen MR) is 172 cm³/mol. The molecule has 1 heterocycles. The number of thioether (sulfide) groups is 2. The van der Waals surface area contributed by atoms with E-state index in [1.165, 1.54) is 22.9 Å². The maximum atomic E-state index is 12.1. The summed E-state index contributed by atoms with van der Waals surface area (Å²) in [6, 6.07) is 31.3. The summed E-state index contributed by atoms with van der Waals surface area (Å²) in [5.41, 5.74) is 12.1. The Bertz CT molecular complexity index is 1470. The lowest BCUT2D eigenvalue weighted by atomic mass is 10.0. The molecule has 41 heavy (non-hydrogen) atoms. The first-order valence-corrected chi connectivity index (χ1v) is 15.2. The molecule has 0 aromatic heterocycles. The van der Waals surface area contributed by atoms with Crippen LogP contribution in [0.1, 0.15) is 0 Å². The quantitative estimate of drug-likeness (QED) is 0.132. The number of nitrogens with two attached hydrogens (primary N) is 1. The van der Waals surface area contributed by atoms with Crippen LogP contribution in [0, 0.1) is 0 Å². The molecule has 1 amide bonds. The number of carbonyl (C=O) groups is 2. The number of carboxylic acid groups (broad SMARTS) is 1. The first-order valence-electron chi connectivity index (χ1n) is 13.2. The lowest BCUT2D eigenvalue weighted by molar-refractivity contribution is -0.138. The van der Waals surface area contributed by atoms with Gasteiger partial charge < -0.3 is 26.8 Å². The molecule has 0 bridgehead atoms. The van der Waals surface area contributed by atoms with Crippen LogP contribution >= 0.6 is 23.5 Å². The average Bonchev–Trinajstić information content (AvgIpc) is 3.16. The zero-order chi connectivity index (χ0) is 29.2. The van der Waals surface area contributed by atoms with Gasteiger partial charge in [0.25, 0.3) is 0 Å². The van der Waals surface area contributed by atoms with Gasteiger partial charge in [0.2, 0.25) is 5.91 Å². The molecule has 0 radical (unpaired) electrons. The molecular formula is C32H34N4O3S2. The van der Waals surface area contributed by atoms with Crippen LogP contribution in [-0.2, 0) is 9.59 Å². The second kappa shape index (κ2) is 14.7. The van der Waals surface area contributed by atoms with Crippen molar-refractivity contribution in [2.24, 2.45) is 0 Å². The largest absolute Gasteiger partial charge is 0.480 e. The van der Waals surface area contributed by atoms with E-state index in [1.807, 2.05) is 85.9 Å². The van der Waals surface area contributed by atoms with E-state index in [9.17, 15) is 9.59 Å². The van der Waals surface area contributed by atoms with Crippen LogP contribution < -0.4 is 21.7 Å². The van der Waals surface area contributed by atoms with E-state index >= 15 is 0 Å². The summed E-state index contributed by atoms with van der Waals surface area (Å²) in [5.74, 6) is 0.323. The third-order valence-corrected chi connectivity index (χ3v) is 9.06. The Hall–Kier alpha value is -3.76. The van der Waals surface area contributed by atoms with Crippen LogP contribution in [0.5, 0.6) is 0 Å². The Morgan fingerprint density at radius 1 is 0.951 bits per heavy atom. The van der Waals surface area contributed by atoms with Gasteiger partial charge in [0.1, 0.15) is 6.04 Å². The number of benzene rings is 4. The number of nitrogens with one attached hydrogen (secondary N) is 3. The van der Waals surface area contributed by atoms with Gasteiger partial charge in [0.15, 0.2) is 0 Å². The third kappa shape index (κ3) is 7.71. The topological polar surface area (TPSA) is 116 Å². The molecule has 6 N–H and O–H groups in total. The molecule has 2 atom stereocenters. The van der Waals surface area contributed by atoms with Crippen LogP contribution in [0.2, 0.25) is 0 Å². The third-order valence-electron chi connectivity index (χ3n) is 6.59. The molecule has 212 valence electrons. The highest BCUT2D eigenvalue weighted by atomic mass is 32.2. The fourth-order valence-electron chi connectivity index (χ4n) is 4.32. The van der Waals surface area contributed by atoms with E-state index in [4.69, 9.17) is 10.8 Å². The number of hydrogen-bond donors (Lipinski definition) is 5. The molecule has 0 saturated heterocycles. The fourth-order valence-corrected chi connectivity index (χ4v) is 6.80. The van der Waals surface area contributed by atoms with Crippen LogP contribution in [0.4, 0.5) is 11.4 Å². The number of rotatable bonds is 8. The molecule has 1 aliphatic rings. The standard InChI is InChI=1S/C16H18N2O2S.C16H16N2OS/c1-18-14(16(19)20)10-21-15-12(8-5-9-13(15)17)11-6-3-2-4-7-11;1-17-14-10-20-15-12(11-6-3-2-4-7-11)8-5-9-13(15)18-16(14)19/h2-9,14,18H,10,17H2,1H3,(H,19,20);2-9,14,17H,10H2,1H3,(H,18,19)/t2*14-/m00/s1. The monoisotopic (exact) mass is 586 g/mol. The summed E-state index contributed by atoms with van der Waals surface area (Å²) in [4.78, 5) is 25.2. The molecule has 0 saturated carbocycles. The minimum atomic E-state index is -0.860. The first-order chi connectivity index (χ1) is 19.9. The van der Waals surface area contributed by atoms with Crippen LogP contribution in [-0.4, -0.2) is 54.7 Å². The summed E-state index contributed by atoms with van der Waals surface area (Å²) in [6.07, 6.45) is 0. The Labute approximate surface area is 249 Å². The van der Waals surface area contributed by atoms with E-state index in [-0.39, 0.29) is 11.9 Å². The summed E-state index contributed by atoms with van der Waals surface area (Å²) >= 11 is 3.18. The second-order valence-corrected chi connectivity index (χ2v) is 11.3. The molecule has 0 aliphatic carbocycles. The Morgan fingerprint density at radius 2 is 1.56 bits per heavy atom. The van der Waals surface area contributed by atoms with Crippen LogP contribution in [0.15, 0.2) is 107 Å². The van der Waals surface area contributed by atoms with E-state index in [1.54, 1.807) is 18.8 Å². The smallest absolute Gasteiger partial charge is 0.321 e. The molecule has 1 aliphatic heterocycles. The minimum Gasteiger partial charge on any atom is -0.480 e. The fraction of sp³-hybridized carbons (Fsp3) is 0.188. The van der Waals surface area contributed by atoms with Gasteiger partial charge >= 0.3 is 5.97 Å². The van der Waals surface area contributed by atoms with E-state index in [0.29, 0.717) is 11.4 Å². The van der Waals surface area contributed by atoms with Crippen molar-refractivity contribution >= 4 is 46.8 Å². The number of carbonyl (C=O) groups excluding carboxylic acids is 1. The first kappa shape index (κ1) is 30.2. The second-order valence-electron chi connectivity index (χ2n) is 9.27. The molecule has 4 aromatic rings. The molecule has 7 nitrogen and oxygen atoms in total. The van der Waals surface area contributed by atoms with Crippen molar-refractivity contribution in [1.29, 1.82) is 0 Å². The zero-order valence-corrected chi connectivity index (χ0v) is 24.6. The highest BCUT2D eigenvalue weighted by molar-refractivity contribution is 8.00. The average molecular weight is 587 g/mol. The summed E-state index contributed by atoms with van der Waals surface area (Å²) in [6.45, 7) is 0. The number of likely N-dealkylation sites (N-methyl/N-ethyl adjacent to an activating group) is 2. The molecule has 0 unspecified atom stereocenters. The van der Waals surface area contributed by atoms with Gasteiger partial charge in [-0.25, -0.2) is 0 Å². The van der Waals surface area contributed by atoms with E-state index in [0.717, 1.165) is 32.4 Å². The van der Waals surface area contributed by atoms with Crippen LogP contribution in [0.3, 0.4) is 0 Å². The van der Waals surface area contributed by atoms with E-state index in [2.05, 4.69) is 34.1 Å². The van der Waals surface area contributed by atoms with Gasteiger partial charge in [-0.2, -0.15) is 0 Å². The van der Waals surface area contributed by atoms with Crippen molar-refractivity contribution in [3.63, 3.8) is 0 Å². The number of hydrogen-bond acceptors (Lipinski definition) is 7. The Morgan fingerprint density at radius 3 is 2.17 bits per heavy atom. The lowest BCUT2D eigenvalue weighted by Crippen LogP contribution is -2.39. The molecular weight excluding hydrogens is 553 g/mol. The Balaban J connectivity index is 0.000000189. The maximum Gasteiger partial charge on any atom is 0.321 e. The maximum absolute atomic E-state index is 12.1. The van der Waals surface area contributed by atoms with Crippen molar-refractivity contribution in [1.82, 2.24) is 10.6 Å². The predicted octanol–water partition coefficient (Wildman–Crippen LogP) is 5.69. The summed E-state index contributed by atoms with van der Waals surface area (Å²) in [5, 5.41) is 18.0. The molecule has 0 fully saturated rings. The molecule has 4 aromatic carbocycles. The molecule has 0 spiro atoms. The van der Waals surface area contributed by atoms with Gasteiger partial charge in [-0.05, 0) is 48.5 Å². The van der Waals surface area contributed by atoms with Gasteiger partial charge in [0, 0.05) is 27.0 Å². The highest BCUT2D eigenvalue weighted by Crippen LogP contribution is 2.39. The van der Waals surface area contributed by atoms with Crippen molar-refractivity contribution in [2.45, 2.75) is 21.9 Å². The van der Waals surface area contributed by atoms with Crippen molar-refractivity contribution in [3.05, 3.63) is 97.1 Å². The summed E-state index contributed by atoms with van der Waals surface area (Å²) < 4.78 is 0.